The van der Waals surface area contributed by atoms with Crippen molar-refractivity contribution in [1.29, 1.82) is 0 Å². The van der Waals surface area contributed by atoms with Crippen LogP contribution < -0.4 is 0 Å². The number of benzene rings is 1. The molecule has 1 saturated heterocycles. The number of amides is 1. The molecule has 0 spiro atoms. The van der Waals surface area contributed by atoms with Gasteiger partial charge in [0.2, 0.25) is 0 Å². The first-order valence-electron chi connectivity index (χ1n) is 6.39. The molecular weight excluding hydrogens is 261 g/mol. The topological polar surface area (TPSA) is 20.3 Å². The first kappa shape index (κ1) is 12.4. The highest BCUT2D eigenvalue weighted by atomic mass is 32.1. The van der Waals surface area contributed by atoms with Crippen molar-refractivity contribution in [3.8, 4) is 10.4 Å². The molecule has 2 aromatic rings. The first-order chi connectivity index (χ1) is 9.24. The summed E-state index contributed by atoms with van der Waals surface area (Å²) < 4.78 is 12.9. The SMILES string of the molecule is O=C(c1ccc(-c2ccc(F)cc2)s1)N1CCCC1. The van der Waals surface area contributed by atoms with E-state index in [4.69, 9.17) is 0 Å². The predicted molar refractivity (Wildman–Crippen MR) is 74.9 cm³/mol. The van der Waals surface area contributed by atoms with E-state index in [1.165, 1.54) is 23.5 Å². The lowest BCUT2D eigenvalue weighted by molar-refractivity contribution is 0.0797. The van der Waals surface area contributed by atoms with Gasteiger partial charge in [0, 0.05) is 18.0 Å². The van der Waals surface area contributed by atoms with Crippen molar-refractivity contribution in [2.45, 2.75) is 12.8 Å². The van der Waals surface area contributed by atoms with Crippen LogP contribution in [0.25, 0.3) is 10.4 Å². The molecule has 0 aliphatic carbocycles. The molecule has 0 unspecified atom stereocenters. The third kappa shape index (κ3) is 2.54. The van der Waals surface area contributed by atoms with Crippen LogP contribution in [0.15, 0.2) is 36.4 Å². The Hall–Kier alpha value is -1.68. The fourth-order valence-corrected chi connectivity index (χ4v) is 3.28. The third-order valence-corrected chi connectivity index (χ3v) is 4.46. The van der Waals surface area contributed by atoms with Gasteiger partial charge in [-0.2, -0.15) is 0 Å². The van der Waals surface area contributed by atoms with E-state index in [1.807, 2.05) is 17.0 Å². The van der Waals surface area contributed by atoms with Gasteiger partial charge in [0.25, 0.3) is 5.91 Å². The van der Waals surface area contributed by atoms with Crippen molar-refractivity contribution in [3.63, 3.8) is 0 Å². The highest BCUT2D eigenvalue weighted by Gasteiger charge is 2.20. The molecule has 19 heavy (non-hydrogen) atoms. The number of rotatable bonds is 2. The van der Waals surface area contributed by atoms with Gasteiger partial charge in [-0.15, -0.1) is 11.3 Å². The van der Waals surface area contributed by atoms with Crippen LogP contribution in [0.5, 0.6) is 0 Å². The van der Waals surface area contributed by atoms with Crippen LogP contribution in [-0.2, 0) is 0 Å². The maximum Gasteiger partial charge on any atom is 0.263 e. The molecule has 1 aromatic heterocycles. The zero-order chi connectivity index (χ0) is 13.2. The average molecular weight is 275 g/mol. The molecule has 1 fully saturated rings. The van der Waals surface area contributed by atoms with Gasteiger partial charge in [-0.05, 0) is 42.7 Å². The monoisotopic (exact) mass is 275 g/mol. The Labute approximate surface area is 115 Å². The Morgan fingerprint density at radius 3 is 2.42 bits per heavy atom. The Kier molecular flexibility index (Phi) is 3.34. The van der Waals surface area contributed by atoms with E-state index in [9.17, 15) is 9.18 Å². The number of thiophene rings is 1. The molecule has 2 heterocycles. The van der Waals surface area contributed by atoms with Crippen molar-refractivity contribution in [1.82, 2.24) is 4.90 Å². The number of carbonyl (C=O) groups is 1. The normalized spacial score (nSPS) is 14.9. The van der Waals surface area contributed by atoms with Crippen LogP contribution in [0.3, 0.4) is 0 Å². The summed E-state index contributed by atoms with van der Waals surface area (Å²) in [4.78, 5) is 15.9. The van der Waals surface area contributed by atoms with Gasteiger partial charge in [-0.3, -0.25) is 4.79 Å². The lowest BCUT2D eigenvalue weighted by Crippen LogP contribution is -2.26. The van der Waals surface area contributed by atoms with E-state index in [-0.39, 0.29) is 11.7 Å². The average Bonchev–Trinajstić information content (AvgIpc) is 3.10. The Bertz CT molecular complexity index is 584. The van der Waals surface area contributed by atoms with Crippen LogP contribution in [0.2, 0.25) is 0 Å². The number of nitrogens with zero attached hydrogens (tertiary/aromatic N) is 1. The molecule has 1 aromatic carbocycles. The van der Waals surface area contributed by atoms with Gasteiger partial charge in [0.15, 0.2) is 0 Å². The molecule has 0 saturated carbocycles. The second kappa shape index (κ2) is 5.13. The van der Waals surface area contributed by atoms with Crippen LogP contribution >= 0.6 is 11.3 Å². The molecule has 0 radical (unpaired) electrons. The van der Waals surface area contributed by atoms with E-state index in [0.717, 1.165) is 41.2 Å². The summed E-state index contributed by atoms with van der Waals surface area (Å²) >= 11 is 1.47. The van der Waals surface area contributed by atoms with Gasteiger partial charge in [0.1, 0.15) is 5.82 Å². The second-order valence-corrected chi connectivity index (χ2v) is 5.75. The largest absolute Gasteiger partial charge is 0.338 e. The zero-order valence-corrected chi connectivity index (χ0v) is 11.3. The lowest BCUT2D eigenvalue weighted by atomic mass is 10.2. The molecule has 1 amide bonds. The first-order valence-corrected chi connectivity index (χ1v) is 7.21. The standard InChI is InChI=1S/C15H14FNOS/c16-12-5-3-11(4-6-12)13-7-8-14(19-13)15(18)17-9-1-2-10-17/h3-8H,1-2,9-10H2. The number of carbonyl (C=O) groups excluding carboxylic acids is 1. The van der Waals surface area contributed by atoms with E-state index in [2.05, 4.69) is 0 Å². The van der Waals surface area contributed by atoms with E-state index < -0.39 is 0 Å². The van der Waals surface area contributed by atoms with Crippen LogP contribution in [-0.4, -0.2) is 23.9 Å². The third-order valence-electron chi connectivity index (χ3n) is 3.34. The van der Waals surface area contributed by atoms with E-state index in [0.29, 0.717) is 0 Å². The summed E-state index contributed by atoms with van der Waals surface area (Å²) in [5.41, 5.74) is 0.951. The molecule has 0 bridgehead atoms. The maximum atomic E-state index is 12.9. The van der Waals surface area contributed by atoms with Crippen molar-refractivity contribution >= 4 is 17.2 Å². The van der Waals surface area contributed by atoms with E-state index >= 15 is 0 Å². The lowest BCUT2D eigenvalue weighted by Gasteiger charge is -2.13. The van der Waals surface area contributed by atoms with Gasteiger partial charge in [-0.25, -0.2) is 4.39 Å². The van der Waals surface area contributed by atoms with Crippen molar-refractivity contribution in [2.75, 3.05) is 13.1 Å². The Morgan fingerprint density at radius 1 is 1.05 bits per heavy atom. The summed E-state index contributed by atoms with van der Waals surface area (Å²) in [5.74, 6) is -0.121. The highest BCUT2D eigenvalue weighted by molar-refractivity contribution is 7.17. The molecule has 2 nitrogen and oxygen atoms in total. The summed E-state index contributed by atoms with van der Waals surface area (Å²) in [6, 6.07) is 10.2. The minimum Gasteiger partial charge on any atom is -0.338 e. The highest BCUT2D eigenvalue weighted by Crippen LogP contribution is 2.29. The smallest absolute Gasteiger partial charge is 0.263 e. The molecular formula is C15H14FNOS. The molecule has 98 valence electrons. The second-order valence-electron chi connectivity index (χ2n) is 4.67. The minimum absolute atomic E-state index is 0.121. The molecule has 3 rings (SSSR count). The summed E-state index contributed by atoms with van der Waals surface area (Å²) in [7, 11) is 0. The number of hydrogen-bond acceptors (Lipinski definition) is 2. The van der Waals surface area contributed by atoms with Crippen LogP contribution in [0.1, 0.15) is 22.5 Å². The maximum absolute atomic E-state index is 12.9. The van der Waals surface area contributed by atoms with Crippen molar-refractivity contribution < 1.29 is 9.18 Å². The Balaban J connectivity index is 1.82. The fraction of sp³-hybridized carbons (Fsp3) is 0.267. The van der Waals surface area contributed by atoms with Crippen molar-refractivity contribution in [2.24, 2.45) is 0 Å². The number of likely N-dealkylation sites (tertiary alicyclic amines) is 1. The van der Waals surface area contributed by atoms with Gasteiger partial charge in [0.05, 0.1) is 4.88 Å². The quantitative estimate of drug-likeness (QED) is 0.816. The molecule has 1 aliphatic rings. The van der Waals surface area contributed by atoms with Crippen molar-refractivity contribution in [3.05, 3.63) is 47.1 Å². The van der Waals surface area contributed by atoms with Crippen LogP contribution in [0.4, 0.5) is 4.39 Å². The van der Waals surface area contributed by atoms with Crippen LogP contribution in [0, 0.1) is 5.82 Å². The molecule has 0 atom stereocenters. The van der Waals surface area contributed by atoms with Gasteiger partial charge in [-0.1, -0.05) is 12.1 Å². The molecule has 4 heteroatoms. The number of halogens is 1. The minimum atomic E-state index is -0.242. The molecule has 1 aliphatic heterocycles. The van der Waals surface area contributed by atoms with E-state index in [1.54, 1.807) is 12.1 Å². The summed E-state index contributed by atoms with van der Waals surface area (Å²) in [6.45, 7) is 1.73. The number of hydrogen-bond donors (Lipinski definition) is 0. The predicted octanol–water partition coefficient (Wildman–Crippen LogP) is 3.79. The van der Waals surface area contributed by atoms with Gasteiger partial charge >= 0.3 is 0 Å². The Morgan fingerprint density at radius 2 is 1.74 bits per heavy atom. The zero-order valence-electron chi connectivity index (χ0n) is 10.4. The molecule has 0 N–H and O–H groups in total. The van der Waals surface area contributed by atoms with Gasteiger partial charge < -0.3 is 4.90 Å². The summed E-state index contributed by atoms with van der Waals surface area (Å²) in [5, 5.41) is 0. The summed E-state index contributed by atoms with van der Waals surface area (Å²) in [6.07, 6.45) is 2.20. The fourth-order valence-electron chi connectivity index (χ4n) is 2.30.